The number of carbonyl (C=O) groups excluding carboxylic acids is 10. The number of rotatable bonds is 18. The van der Waals surface area contributed by atoms with Crippen molar-refractivity contribution in [2.45, 2.75) is 12.8 Å². The van der Waals surface area contributed by atoms with Gasteiger partial charge in [-0.05, 0) is 190 Å². The fourth-order valence-electron chi connectivity index (χ4n) is 15.4. The van der Waals surface area contributed by atoms with E-state index in [1.54, 1.807) is 133 Å². The molecule has 0 aliphatic carbocycles. The summed E-state index contributed by atoms with van der Waals surface area (Å²) in [5.41, 5.74) is 33.8. The summed E-state index contributed by atoms with van der Waals surface area (Å²) in [5.74, 6) is -4.86. The van der Waals surface area contributed by atoms with Crippen molar-refractivity contribution in [3.8, 4) is 90.1 Å². The van der Waals surface area contributed by atoms with Crippen molar-refractivity contribution >= 4 is 122 Å². The second kappa shape index (κ2) is 37.3. The highest BCUT2D eigenvalue weighted by Crippen LogP contribution is 2.49. The number of fused-ring (bicyclic) bond motifs is 5. The van der Waals surface area contributed by atoms with Crippen molar-refractivity contribution < 1.29 is 101 Å². The zero-order valence-electron chi connectivity index (χ0n) is 71.2. The molecule has 8 amide bonds. The van der Waals surface area contributed by atoms with Crippen LogP contribution in [0.5, 0.6) is 34.5 Å². The molecule has 6 aliphatic heterocycles. The Morgan fingerprint density at radius 2 is 0.466 bits per heavy atom. The maximum Gasteiger partial charge on any atom is 0.346 e. The number of hydrogen-bond donors (Lipinski definition) is 4. The molecular weight excluding hydrogens is 1720 g/mol. The summed E-state index contributed by atoms with van der Waals surface area (Å²) >= 11 is 0. The van der Waals surface area contributed by atoms with Crippen LogP contribution in [-0.4, -0.2) is 130 Å². The fourth-order valence-corrected chi connectivity index (χ4v) is 15.4. The fraction of sp³-hybridized carbons (Fsp3) is 0.102. The van der Waals surface area contributed by atoms with Gasteiger partial charge in [-0.25, -0.2) is 29.2 Å². The van der Waals surface area contributed by atoms with Crippen LogP contribution in [0.1, 0.15) is 116 Å². The highest BCUT2D eigenvalue weighted by Gasteiger charge is 2.45. The standard InChI is InChI=1S/C36H22N4O10.C36H26N4O6.C14H7NO5.C8H12N2O2.C4H8O/c1-49-31-17-30(38-34(42)26-14-8-22(16-28(26)36(38)44)20-5-11-24(12-6-20)40(47)48)32(50-2)18-29(31)37-33(41)25-13-7-21(15-27(25)35(37)43)19-3-9-23(10-4-19)39(45)46;1-45-31-17-30(40-34(42)26-14-8-22(16-28(26)36(40)44)20-5-11-24(38)12-6-20)32(46-2)18-29(31)39-33(41)25-13-7-21(15-27(25)35(39)43)19-3-9-23(37)10-4-19;16-13-11-6-3-9(7-12(11)14(17)20-13)8-1-4-10(5-2-8)15(18)19;1-11-7-3-6(10)8(12-2)4-5(7)9;1-2-4-5-3-1/h3-18H,1-2H3;3-18H,37-38H2,1-2H3;1-7H;3-4H,9-10H2,1-2H3;1-4H2. The van der Waals surface area contributed by atoms with E-state index in [-0.39, 0.29) is 118 Å². The Morgan fingerprint density at radius 1 is 0.256 bits per heavy atom. The van der Waals surface area contributed by atoms with Crippen molar-refractivity contribution in [2.24, 2.45) is 0 Å². The Morgan fingerprint density at radius 3 is 0.692 bits per heavy atom. The summed E-state index contributed by atoms with van der Waals surface area (Å²) in [5, 5.41) is 32.7. The van der Waals surface area contributed by atoms with Crippen molar-refractivity contribution in [3.63, 3.8) is 0 Å². The number of ether oxygens (including phenoxy) is 8. The van der Waals surface area contributed by atoms with E-state index >= 15 is 0 Å². The summed E-state index contributed by atoms with van der Waals surface area (Å²) in [7, 11) is 8.42. The number of anilines is 8. The molecule has 0 atom stereocenters. The van der Waals surface area contributed by atoms with Crippen LogP contribution in [-0.2, 0) is 9.47 Å². The molecule has 19 rings (SSSR count). The van der Waals surface area contributed by atoms with Gasteiger partial charge in [0.1, 0.15) is 34.5 Å². The third kappa shape index (κ3) is 17.4. The number of amides is 8. The molecule has 8 N–H and O–H groups in total. The maximum atomic E-state index is 13.8. The highest BCUT2D eigenvalue weighted by atomic mass is 16.6. The van der Waals surface area contributed by atoms with Crippen LogP contribution in [0.4, 0.5) is 62.6 Å². The molecule has 0 saturated carbocycles. The Bertz CT molecular complexity index is 6690. The van der Waals surface area contributed by atoms with E-state index in [0.717, 1.165) is 55.1 Å². The largest absolute Gasteiger partial charge is 0.495 e. The van der Waals surface area contributed by atoms with Crippen LogP contribution in [0.3, 0.4) is 0 Å². The predicted octanol–water partition coefficient (Wildman–Crippen LogP) is 16.5. The number of methoxy groups -OCH3 is 6. The number of nitro groups is 3. The van der Waals surface area contributed by atoms with E-state index in [2.05, 4.69) is 4.74 Å². The molecule has 0 aromatic heterocycles. The topological polar surface area (TPSA) is 491 Å². The van der Waals surface area contributed by atoms with Crippen LogP contribution in [0.2, 0.25) is 0 Å². The van der Waals surface area contributed by atoms with Gasteiger partial charge in [0.05, 0.1) is 147 Å². The lowest BCUT2D eigenvalue weighted by molar-refractivity contribution is -0.385. The van der Waals surface area contributed by atoms with Crippen molar-refractivity contribution in [1.82, 2.24) is 0 Å². The van der Waals surface area contributed by atoms with Gasteiger partial charge in [0.2, 0.25) is 0 Å². The first kappa shape index (κ1) is 89.5. The number of non-ortho nitro benzene ring substituents is 3. The first-order valence-corrected chi connectivity index (χ1v) is 40.3. The second-order valence-corrected chi connectivity index (χ2v) is 30.0. The summed E-state index contributed by atoms with van der Waals surface area (Å²) < 4.78 is 41.8. The van der Waals surface area contributed by atoms with Gasteiger partial charge in [-0.1, -0.05) is 54.6 Å². The molecular formula is C98H75N11O24. The number of esters is 2. The summed E-state index contributed by atoms with van der Waals surface area (Å²) in [6.07, 6.45) is 2.56. The van der Waals surface area contributed by atoms with Gasteiger partial charge in [-0.3, -0.25) is 68.7 Å². The molecule has 35 nitrogen and oxygen atoms in total. The molecule has 6 heterocycles. The van der Waals surface area contributed by atoms with Crippen molar-refractivity contribution in [2.75, 3.05) is 98.4 Å². The molecule has 1 saturated heterocycles. The molecule has 13 aromatic carbocycles. The van der Waals surface area contributed by atoms with Crippen molar-refractivity contribution in [3.05, 3.63) is 335 Å². The van der Waals surface area contributed by atoms with Crippen LogP contribution in [0.25, 0.3) is 55.6 Å². The van der Waals surface area contributed by atoms with Gasteiger partial charge in [0, 0.05) is 97.4 Å². The number of nitrogen functional groups attached to an aromatic ring is 4. The Kier molecular flexibility index (Phi) is 25.1. The van der Waals surface area contributed by atoms with E-state index in [9.17, 15) is 78.3 Å². The van der Waals surface area contributed by atoms with Crippen LogP contribution >= 0.6 is 0 Å². The minimum absolute atomic E-state index is 0.00553. The molecule has 666 valence electrons. The van der Waals surface area contributed by atoms with E-state index < -0.39 is 74.0 Å². The number of benzene rings is 13. The third-order valence-corrected chi connectivity index (χ3v) is 22.2. The molecule has 0 unspecified atom stereocenters. The monoisotopic (exact) mass is 1790 g/mol. The molecule has 0 spiro atoms. The number of nitrogens with two attached hydrogens (primary N) is 4. The summed E-state index contributed by atoms with van der Waals surface area (Å²) in [4.78, 5) is 167. The Hall–Kier alpha value is -18.3. The minimum Gasteiger partial charge on any atom is -0.495 e. The lowest BCUT2D eigenvalue weighted by Crippen LogP contribution is -2.31. The van der Waals surface area contributed by atoms with E-state index in [0.29, 0.717) is 67.6 Å². The SMILES string of the molecule is C1CCOC1.COc1cc(N)c(OC)cc1N.COc1cc(N2C(=O)c3ccc(-c4ccc(N)cc4)cc3C2=O)c(OC)cc1N1C(=O)c2ccc(-c3ccc(N)cc3)cc2C1=O.COc1cc(N2C(=O)c3ccc(-c4ccc([N+](=O)[O-])cc4)cc3C2=O)c(OC)cc1N1C(=O)c2ccc(-c3ccc([N+](=O)[O-])cc3)cc2C1=O.O=C1OC(=O)c2cc(-c3ccc([N+](=O)[O-])cc3)ccc21. The summed E-state index contributed by atoms with van der Waals surface area (Å²) in [6.45, 7) is 2.00. The number of cyclic esters (lactones) is 2. The van der Waals surface area contributed by atoms with Crippen LogP contribution in [0, 0.1) is 30.3 Å². The normalized spacial score (nSPS) is 13.5. The van der Waals surface area contributed by atoms with E-state index in [4.69, 9.17) is 56.1 Å². The van der Waals surface area contributed by atoms with Crippen LogP contribution in [0.15, 0.2) is 249 Å². The zero-order valence-corrected chi connectivity index (χ0v) is 71.2. The summed E-state index contributed by atoms with van der Waals surface area (Å²) in [6, 6.07) is 64.7. The number of nitrogens with zero attached hydrogens (tertiary/aromatic N) is 7. The van der Waals surface area contributed by atoms with Gasteiger partial charge in [0.15, 0.2) is 0 Å². The average Bonchev–Trinajstić information content (AvgIpc) is 1.59. The maximum absolute atomic E-state index is 13.8. The zero-order chi connectivity index (χ0) is 94.7. The Labute approximate surface area is 754 Å². The molecule has 6 aliphatic rings. The van der Waals surface area contributed by atoms with Gasteiger partial charge in [-0.15, -0.1) is 0 Å². The first-order chi connectivity index (χ1) is 64.0. The number of imide groups is 4. The van der Waals surface area contributed by atoms with Gasteiger partial charge in [-0.2, -0.15) is 0 Å². The number of hydrogen-bond acceptors (Lipinski definition) is 28. The second-order valence-electron chi connectivity index (χ2n) is 30.0. The molecule has 133 heavy (non-hydrogen) atoms. The molecule has 13 aromatic rings. The smallest absolute Gasteiger partial charge is 0.346 e. The first-order valence-electron chi connectivity index (χ1n) is 40.3. The van der Waals surface area contributed by atoms with Gasteiger partial charge < -0.3 is 60.8 Å². The average molecular weight is 1790 g/mol. The number of carbonyl (C=O) groups is 10. The highest BCUT2D eigenvalue weighted by molar-refractivity contribution is 6.39. The van der Waals surface area contributed by atoms with E-state index in [1.807, 2.05) is 24.3 Å². The van der Waals surface area contributed by atoms with Gasteiger partial charge >= 0.3 is 11.9 Å². The van der Waals surface area contributed by atoms with E-state index in [1.165, 1.54) is 146 Å². The molecule has 1 fully saturated rings. The van der Waals surface area contributed by atoms with Crippen LogP contribution < -0.4 is 71.0 Å². The van der Waals surface area contributed by atoms with Gasteiger partial charge in [0.25, 0.3) is 64.3 Å². The Balaban J connectivity index is 0.000000147. The quantitative estimate of drug-likeness (QED) is 0.0155. The lowest BCUT2D eigenvalue weighted by Gasteiger charge is -2.23. The lowest BCUT2D eigenvalue weighted by atomic mass is 10.00. The predicted molar refractivity (Wildman–Crippen MR) is 490 cm³/mol. The molecule has 0 bridgehead atoms. The van der Waals surface area contributed by atoms with Crippen molar-refractivity contribution in [1.29, 1.82) is 0 Å². The molecule has 0 radical (unpaired) electrons. The molecule has 35 heteroatoms. The minimum atomic E-state index is -0.672. The number of nitro benzene ring substituents is 3. The third-order valence-electron chi connectivity index (χ3n) is 22.2.